The minimum absolute atomic E-state index is 0.569. The van der Waals surface area contributed by atoms with Gasteiger partial charge in [0.25, 0.3) is 0 Å². The van der Waals surface area contributed by atoms with E-state index in [1.54, 1.807) is 0 Å². The number of nitrogens with two attached hydrogens (primary N) is 1. The highest BCUT2D eigenvalue weighted by atomic mass is 15.2. The molecule has 0 amide bonds. The van der Waals surface area contributed by atoms with Gasteiger partial charge in [-0.3, -0.25) is 4.90 Å². The summed E-state index contributed by atoms with van der Waals surface area (Å²) in [5, 5.41) is 0. The van der Waals surface area contributed by atoms with Crippen molar-refractivity contribution in [2.45, 2.75) is 47.1 Å². The molecule has 0 aliphatic heterocycles. The normalized spacial score (nSPS) is 14.4. The first kappa shape index (κ1) is 13.9. The molecule has 0 saturated heterocycles. The molecule has 1 atom stereocenters. The van der Waals surface area contributed by atoms with Crippen LogP contribution in [0.1, 0.15) is 41.0 Å². The first-order valence-electron chi connectivity index (χ1n) is 5.95. The van der Waals surface area contributed by atoms with E-state index in [1.165, 1.54) is 13.1 Å². The summed E-state index contributed by atoms with van der Waals surface area (Å²) < 4.78 is 0. The Morgan fingerprint density at radius 1 is 1.00 bits per heavy atom. The van der Waals surface area contributed by atoms with Crippen molar-refractivity contribution in [2.75, 3.05) is 19.6 Å². The Kier molecular flexibility index (Phi) is 7.20. The zero-order valence-corrected chi connectivity index (χ0v) is 10.6. The predicted molar refractivity (Wildman–Crippen MR) is 64.4 cm³/mol. The molecule has 0 aromatic heterocycles. The second-order valence-corrected chi connectivity index (χ2v) is 5.04. The van der Waals surface area contributed by atoms with Gasteiger partial charge in [0.1, 0.15) is 0 Å². The van der Waals surface area contributed by atoms with Crippen LogP contribution in [0.25, 0.3) is 0 Å². The van der Waals surface area contributed by atoms with Gasteiger partial charge in [-0.05, 0) is 18.3 Å². The lowest BCUT2D eigenvalue weighted by atomic mass is 10.1. The van der Waals surface area contributed by atoms with Gasteiger partial charge in [-0.1, -0.05) is 34.6 Å². The molecule has 0 aromatic rings. The Balaban J connectivity index is 4.20. The number of rotatable bonds is 7. The van der Waals surface area contributed by atoms with Crippen molar-refractivity contribution < 1.29 is 0 Å². The maximum atomic E-state index is 5.79. The molecule has 2 nitrogen and oxygen atoms in total. The third kappa shape index (κ3) is 5.61. The van der Waals surface area contributed by atoms with Crippen LogP contribution in [-0.4, -0.2) is 30.6 Å². The maximum Gasteiger partial charge on any atom is 0.0216 e. The molecule has 2 N–H and O–H groups in total. The fraction of sp³-hybridized carbons (Fsp3) is 1.00. The van der Waals surface area contributed by atoms with Crippen LogP contribution in [0.2, 0.25) is 0 Å². The first-order chi connectivity index (χ1) is 6.51. The quantitative estimate of drug-likeness (QED) is 0.683. The van der Waals surface area contributed by atoms with Crippen molar-refractivity contribution >= 4 is 0 Å². The summed E-state index contributed by atoms with van der Waals surface area (Å²) in [5.74, 6) is 1.46. The van der Waals surface area contributed by atoms with Gasteiger partial charge < -0.3 is 5.73 Å². The van der Waals surface area contributed by atoms with Crippen LogP contribution in [0.5, 0.6) is 0 Å². The molecule has 14 heavy (non-hydrogen) atoms. The van der Waals surface area contributed by atoms with Gasteiger partial charge in [-0.25, -0.2) is 0 Å². The van der Waals surface area contributed by atoms with Crippen LogP contribution in [0.3, 0.4) is 0 Å². The number of nitrogens with zero attached hydrogens (tertiary/aromatic N) is 1. The zero-order valence-electron chi connectivity index (χ0n) is 10.6. The van der Waals surface area contributed by atoms with E-state index >= 15 is 0 Å². The molecular formula is C12H28N2. The average Bonchev–Trinajstić information content (AvgIpc) is 2.03. The topological polar surface area (TPSA) is 29.3 Å². The lowest BCUT2D eigenvalue weighted by Crippen LogP contribution is -2.44. The monoisotopic (exact) mass is 200 g/mol. The van der Waals surface area contributed by atoms with Gasteiger partial charge in [0, 0.05) is 25.7 Å². The van der Waals surface area contributed by atoms with E-state index < -0.39 is 0 Å². The summed E-state index contributed by atoms with van der Waals surface area (Å²) in [7, 11) is 0. The highest BCUT2D eigenvalue weighted by Crippen LogP contribution is 2.10. The second kappa shape index (κ2) is 7.24. The molecule has 0 bridgehead atoms. The Bertz CT molecular complexity index is 118. The molecule has 1 unspecified atom stereocenters. The predicted octanol–water partition coefficient (Wildman–Crippen LogP) is 2.34. The smallest absolute Gasteiger partial charge is 0.0216 e. The molecule has 0 radical (unpaired) electrons. The van der Waals surface area contributed by atoms with Gasteiger partial charge in [0.2, 0.25) is 0 Å². The van der Waals surface area contributed by atoms with Crippen LogP contribution in [0, 0.1) is 11.8 Å². The minimum atomic E-state index is 0.569. The summed E-state index contributed by atoms with van der Waals surface area (Å²) in [6.45, 7) is 14.5. The highest BCUT2D eigenvalue weighted by Gasteiger charge is 2.17. The molecule has 0 aliphatic carbocycles. The van der Waals surface area contributed by atoms with E-state index in [4.69, 9.17) is 5.73 Å². The fourth-order valence-electron chi connectivity index (χ4n) is 1.88. The van der Waals surface area contributed by atoms with Crippen LogP contribution in [0.15, 0.2) is 0 Å². The highest BCUT2D eigenvalue weighted by molar-refractivity contribution is 4.73. The maximum absolute atomic E-state index is 5.79. The van der Waals surface area contributed by atoms with Crippen LogP contribution in [-0.2, 0) is 0 Å². The van der Waals surface area contributed by atoms with Crippen molar-refractivity contribution in [3.05, 3.63) is 0 Å². The molecule has 0 aromatic carbocycles. The van der Waals surface area contributed by atoms with Crippen LogP contribution >= 0.6 is 0 Å². The molecule has 0 saturated carbocycles. The molecular weight excluding hydrogens is 172 g/mol. The summed E-state index contributed by atoms with van der Waals surface area (Å²) in [6.07, 6.45) is 1.16. The summed E-state index contributed by atoms with van der Waals surface area (Å²) in [5.41, 5.74) is 5.79. The van der Waals surface area contributed by atoms with Crippen molar-refractivity contribution in [1.82, 2.24) is 4.90 Å². The van der Waals surface area contributed by atoms with Gasteiger partial charge in [-0.2, -0.15) is 0 Å². The van der Waals surface area contributed by atoms with Crippen molar-refractivity contribution in [1.29, 1.82) is 0 Å². The number of hydrogen-bond donors (Lipinski definition) is 1. The van der Waals surface area contributed by atoms with Gasteiger partial charge >= 0.3 is 0 Å². The van der Waals surface area contributed by atoms with E-state index in [2.05, 4.69) is 39.5 Å². The van der Waals surface area contributed by atoms with E-state index in [0.29, 0.717) is 6.04 Å². The molecule has 0 fully saturated rings. The third-order valence-electron chi connectivity index (χ3n) is 2.46. The van der Waals surface area contributed by atoms with Crippen molar-refractivity contribution in [3.63, 3.8) is 0 Å². The van der Waals surface area contributed by atoms with Crippen molar-refractivity contribution in [2.24, 2.45) is 17.6 Å². The van der Waals surface area contributed by atoms with Gasteiger partial charge in [0.05, 0.1) is 0 Å². The van der Waals surface area contributed by atoms with Crippen LogP contribution < -0.4 is 5.73 Å². The zero-order chi connectivity index (χ0) is 11.1. The van der Waals surface area contributed by atoms with E-state index in [1.807, 2.05) is 0 Å². The van der Waals surface area contributed by atoms with Crippen molar-refractivity contribution in [3.8, 4) is 0 Å². The lowest BCUT2D eigenvalue weighted by Gasteiger charge is -2.33. The van der Waals surface area contributed by atoms with Gasteiger partial charge in [-0.15, -0.1) is 0 Å². The van der Waals surface area contributed by atoms with E-state index in [9.17, 15) is 0 Å². The van der Waals surface area contributed by atoms with Crippen LogP contribution in [0.4, 0.5) is 0 Å². The Hall–Kier alpha value is -0.0800. The largest absolute Gasteiger partial charge is 0.329 e. The minimum Gasteiger partial charge on any atom is -0.329 e. The molecule has 0 rings (SSSR count). The SMILES string of the molecule is CCC(CN)N(CC(C)C)CC(C)C. The summed E-state index contributed by atoms with van der Waals surface area (Å²) >= 11 is 0. The molecule has 0 heterocycles. The molecule has 0 spiro atoms. The molecule has 86 valence electrons. The average molecular weight is 200 g/mol. The van der Waals surface area contributed by atoms with Gasteiger partial charge in [0.15, 0.2) is 0 Å². The Morgan fingerprint density at radius 2 is 1.43 bits per heavy atom. The summed E-state index contributed by atoms with van der Waals surface area (Å²) in [4.78, 5) is 2.55. The summed E-state index contributed by atoms with van der Waals surface area (Å²) in [6, 6.07) is 0.569. The third-order valence-corrected chi connectivity index (χ3v) is 2.46. The Labute approximate surface area is 89.9 Å². The van der Waals surface area contributed by atoms with E-state index in [-0.39, 0.29) is 0 Å². The first-order valence-corrected chi connectivity index (χ1v) is 5.95. The fourth-order valence-corrected chi connectivity index (χ4v) is 1.88. The molecule has 0 aliphatic rings. The Morgan fingerprint density at radius 3 is 1.64 bits per heavy atom. The van der Waals surface area contributed by atoms with E-state index in [0.717, 1.165) is 24.8 Å². The molecule has 2 heteroatoms. The standard InChI is InChI=1S/C12H28N2/c1-6-12(7-13)14(8-10(2)3)9-11(4)5/h10-12H,6-9,13H2,1-5H3. The lowest BCUT2D eigenvalue weighted by molar-refractivity contribution is 0.156. The number of hydrogen-bond acceptors (Lipinski definition) is 2. The second-order valence-electron chi connectivity index (χ2n) is 5.04.